The van der Waals surface area contributed by atoms with E-state index in [0.29, 0.717) is 13.1 Å². The van der Waals surface area contributed by atoms with E-state index in [-0.39, 0.29) is 17.6 Å². The van der Waals surface area contributed by atoms with Gasteiger partial charge in [-0.3, -0.25) is 14.9 Å². The van der Waals surface area contributed by atoms with Crippen LogP contribution in [-0.2, 0) is 0 Å². The quantitative estimate of drug-likeness (QED) is 0.659. The highest BCUT2D eigenvalue weighted by atomic mass is 19.1. The van der Waals surface area contributed by atoms with Crippen molar-refractivity contribution in [3.05, 3.63) is 39.7 Å². The van der Waals surface area contributed by atoms with Gasteiger partial charge in [0.1, 0.15) is 11.4 Å². The van der Waals surface area contributed by atoms with Crippen LogP contribution >= 0.6 is 0 Å². The second kappa shape index (κ2) is 5.54. The number of amides is 1. The van der Waals surface area contributed by atoms with Crippen LogP contribution in [0.15, 0.2) is 18.2 Å². The first-order valence-corrected chi connectivity index (χ1v) is 6.37. The third-order valence-corrected chi connectivity index (χ3v) is 3.23. The third-order valence-electron chi connectivity index (χ3n) is 3.23. The molecule has 7 heteroatoms. The highest BCUT2D eigenvalue weighted by Gasteiger charge is 2.29. The van der Waals surface area contributed by atoms with E-state index in [9.17, 15) is 19.3 Å². The van der Waals surface area contributed by atoms with E-state index in [4.69, 9.17) is 0 Å². The van der Waals surface area contributed by atoms with E-state index in [1.807, 2.05) is 13.8 Å². The van der Waals surface area contributed by atoms with Crippen molar-refractivity contribution in [2.24, 2.45) is 0 Å². The summed E-state index contributed by atoms with van der Waals surface area (Å²) in [5.74, 6) is -1.16. The first-order valence-electron chi connectivity index (χ1n) is 6.37. The normalized spacial score (nSPS) is 22.6. The number of rotatable bonds is 2. The summed E-state index contributed by atoms with van der Waals surface area (Å²) in [4.78, 5) is 24.2. The second-order valence-corrected chi connectivity index (χ2v) is 5.10. The minimum Gasteiger partial charge on any atom is -0.335 e. The van der Waals surface area contributed by atoms with E-state index < -0.39 is 22.3 Å². The molecule has 0 bridgehead atoms. The minimum atomic E-state index is -0.731. The number of hydrogen-bond donors (Lipinski definition) is 1. The Bertz CT molecular complexity index is 540. The summed E-state index contributed by atoms with van der Waals surface area (Å²) in [6.45, 7) is 4.82. The Labute approximate surface area is 115 Å². The Morgan fingerprint density at radius 1 is 1.40 bits per heavy atom. The zero-order chi connectivity index (χ0) is 14.9. The highest BCUT2D eigenvalue weighted by Crippen LogP contribution is 2.22. The molecular weight excluding hydrogens is 265 g/mol. The number of nitrogens with one attached hydrogen (secondary N) is 1. The van der Waals surface area contributed by atoms with Crippen molar-refractivity contribution in [2.75, 3.05) is 13.1 Å². The third kappa shape index (κ3) is 2.93. The zero-order valence-corrected chi connectivity index (χ0v) is 11.3. The van der Waals surface area contributed by atoms with Crippen molar-refractivity contribution in [3.63, 3.8) is 0 Å². The van der Waals surface area contributed by atoms with Gasteiger partial charge in [0.25, 0.3) is 11.6 Å². The van der Waals surface area contributed by atoms with Crippen LogP contribution in [0.25, 0.3) is 0 Å². The maximum Gasteiger partial charge on any atom is 0.285 e. The molecule has 0 saturated carbocycles. The lowest BCUT2D eigenvalue weighted by molar-refractivity contribution is -0.385. The van der Waals surface area contributed by atoms with Crippen molar-refractivity contribution in [2.45, 2.75) is 25.9 Å². The lowest BCUT2D eigenvalue weighted by atomic mass is 10.1. The van der Waals surface area contributed by atoms with Gasteiger partial charge in [0.2, 0.25) is 0 Å². The molecule has 2 unspecified atom stereocenters. The molecule has 1 fully saturated rings. The number of nitro groups is 1. The Morgan fingerprint density at radius 3 is 2.55 bits per heavy atom. The van der Waals surface area contributed by atoms with E-state index in [2.05, 4.69) is 5.32 Å². The number of benzene rings is 1. The topological polar surface area (TPSA) is 75.5 Å². The standard InChI is InChI=1S/C13H16FN3O3/c1-8-6-16(7-9(2)15-8)13(18)11-4-3-10(14)5-12(11)17(19)20/h3-5,8-9,15H,6-7H2,1-2H3. The van der Waals surface area contributed by atoms with Crippen LogP contribution in [0.2, 0.25) is 0 Å². The number of piperazine rings is 1. The van der Waals surface area contributed by atoms with E-state index in [0.717, 1.165) is 12.1 Å². The first-order chi connectivity index (χ1) is 9.38. The molecular formula is C13H16FN3O3. The zero-order valence-electron chi connectivity index (χ0n) is 11.3. The van der Waals surface area contributed by atoms with Gasteiger partial charge in [-0.1, -0.05) is 0 Å². The number of hydrogen-bond acceptors (Lipinski definition) is 4. The van der Waals surface area contributed by atoms with E-state index in [1.165, 1.54) is 6.07 Å². The molecule has 2 rings (SSSR count). The van der Waals surface area contributed by atoms with Gasteiger partial charge in [-0.2, -0.15) is 0 Å². The van der Waals surface area contributed by atoms with Crippen LogP contribution in [-0.4, -0.2) is 40.9 Å². The number of nitro benzene ring substituents is 1. The Hall–Kier alpha value is -2.02. The predicted molar refractivity (Wildman–Crippen MR) is 71.0 cm³/mol. The lowest BCUT2D eigenvalue weighted by Gasteiger charge is -2.36. The van der Waals surface area contributed by atoms with Gasteiger partial charge in [0.05, 0.1) is 11.0 Å². The summed E-state index contributed by atoms with van der Waals surface area (Å²) >= 11 is 0. The van der Waals surface area contributed by atoms with Crippen LogP contribution in [0.4, 0.5) is 10.1 Å². The van der Waals surface area contributed by atoms with Crippen molar-refractivity contribution < 1.29 is 14.1 Å². The average molecular weight is 281 g/mol. The fourth-order valence-electron chi connectivity index (χ4n) is 2.50. The smallest absolute Gasteiger partial charge is 0.285 e. The SMILES string of the molecule is CC1CN(C(=O)c2ccc(F)cc2[N+](=O)[O-])CC(C)N1. The summed E-state index contributed by atoms with van der Waals surface area (Å²) in [7, 11) is 0. The Kier molecular flexibility index (Phi) is 3.99. The molecule has 1 aliphatic rings. The first kappa shape index (κ1) is 14.4. The summed E-state index contributed by atoms with van der Waals surface area (Å²) in [6, 6.07) is 3.24. The Morgan fingerprint density at radius 2 is 2.00 bits per heavy atom. The van der Waals surface area contributed by atoms with Gasteiger partial charge in [-0.05, 0) is 26.0 Å². The summed E-state index contributed by atoms with van der Waals surface area (Å²) < 4.78 is 13.1. The Balaban J connectivity index is 2.31. The molecule has 1 amide bonds. The van der Waals surface area contributed by atoms with Crippen LogP contribution < -0.4 is 5.32 Å². The maximum absolute atomic E-state index is 13.1. The molecule has 108 valence electrons. The van der Waals surface area contributed by atoms with Gasteiger partial charge in [-0.25, -0.2) is 4.39 Å². The molecule has 1 saturated heterocycles. The molecule has 1 aromatic carbocycles. The number of nitrogens with zero attached hydrogens (tertiary/aromatic N) is 2. The van der Waals surface area contributed by atoms with E-state index in [1.54, 1.807) is 4.90 Å². The van der Waals surface area contributed by atoms with Gasteiger partial charge in [0, 0.05) is 25.2 Å². The van der Waals surface area contributed by atoms with Gasteiger partial charge < -0.3 is 10.2 Å². The molecule has 2 atom stereocenters. The highest BCUT2D eigenvalue weighted by molar-refractivity contribution is 5.98. The van der Waals surface area contributed by atoms with Crippen LogP contribution in [0.1, 0.15) is 24.2 Å². The monoisotopic (exact) mass is 281 g/mol. The molecule has 6 nitrogen and oxygen atoms in total. The van der Waals surface area contributed by atoms with Gasteiger partial charge >= 0.3 is 0 Å². The van der Waals surface area contributed by atoms with Crippen LogP contribution in [0.3, 0.4) is 0 Å². The predicted octanol–water partition coefficient (Wildman–Crippen LogP) is 1.56. The summed E-state index contributed by atoms with van der Waals surface area (Å²) in [6.07, 6.45) is 0. The summed E-state index contributed by atoms with van der Waals surface area (Å²) in [5, 5.41) is 14.2. The van der Waals surface area contributed by atoms with Crippen molar-refractivity contribution in [1.82, 2.24) is 10.2 Å². The molecule has 1 heterocycles. The molecule has 0 aliphatic carbocycles. The van der Waals surface area contributed by atoms with Gasteiger partial charge in [0.15, 0.2) is 0 Å². The molecule has 0 spiro atoms. The molecule has 0 radical (unpaired) electrons. The number of halogens is 1. The molecule has 20 heavy (non-hydrogen) atoms. The number of carbonyl (C=O) groups is 1. The van der Waals surface area contributed by atoms with Crippen molar-refractivity contribution in [1.29, 1.82) is 0 Å². The maximum atomic E-state index is 13.1. The lowest BCUT2D eigenvalue weighted by Crippen LogP contribution is -2.55. The fourth-order valence-corrected chi connectivity index (χ4v) is 2.50. The fraction of sp³-hybridized carbons (Fsp3) is 0.462. The minimum absolute atomic E-state index is 0.0716. The molecule has 0 aromatic heterocycles. The van der Waals surface area contributed by atoms with Crippen molar-refractivity contribution >= 4 is 11.6 Å². The second-order valence-electron chi connectivity index (χ2n) is 5.10. The summed E-state index contributed by atoms with van der Waals surface area (Å²) in [5.41, 5.74) is -0.563. The van der Waals surface area contributed by atoms with Crippen LogP contribution in [0, 0.1) is 15.9 Å². The number of carbonyl (C=O) groups excluding carboxylic acids is 1. The van der Waals surface area contributed by atoms with E-state index >= 15 is 0 Å². The molecule has 1 N–H and O–H groups in total. The molecule has 1 aliphatic heterocycles. The largest absolute Gasteiger partial charge is 0.335 e. The molecule has 1 aromatic rings. The van der Waals surface area contributed by atoms with Crippen molar-refractivity contribution in [3.8, 4) is 0 Å². The van der Waals surface area contributed by atoms with Gasteiger partial charge in [-0.15, -0.1) is 0 Å². The van der Waals surface area contributed by atoms with Crippen LogP contribution in [0.5, 0.6) is 0 Å². The average Bonchev–Trinajstić information content (AvgIpc) is 2.36.